The zero-order chi connectivity index (χ0) is 12.0. The first-order valence-electron chi connectivity index (χ1n) is 6.67. The average molecular weight is 237 g/mol. The summed E-state index contributed by atoms with van der Waals surface area (Å²) in [6, 6.07) is 0. The van der Waals surface area contributed by atoms with Crippen molar-refractivity contribution in [3.8, 4) is 0 Å². The first-order valence-corrected chi connectivity index (χ1v) is 6.67. The van der Waals surface area contributed by atoms with Crippen molar-refractivity contribution >= 4 is 0 Å². The molecule has 0 unspecified atom stereocenters. The number of rotatable bonds is 5. The van der Waals surface area contributed by atoms with Gasteiger partial charge in [-0.25, -0.2) is 4.98 Å². The Balaban J connectivity index is 1.66. The predicted molar refractivity (Wildman–Crippen MR) is 67.7 cm³/mol. The van der Waals surface area contributed by atoms with Crippen molar-refractivity contribution in [3.05, 3.63) is 18.7 Å². The van der Waals surface area contributed by atoms with E-state index in [1.807, 2.05) is 17.1 Å². The summed E-state index contributed by atoms with van der Waals surface area (Å²) in [5.41, 5.74) is -0.467. The quantitative estimate of drug-likeness (QED) is 0.603. The Morgan fingerprint density at radius 2 is 2.00 bits per heavy atom. The van der Waals surface area contributed by atoms with E-state index >= 15 is 0 Å². The van der Waals surface area contributed by atoms with Crippen molar-refractivity contribution in [2.75, 3.05) is 13.1 Å². The maximum atomic E-state index is 10.4. The van der Waals surface area contributed by atoms with E-state index in [1.165, 1.54) is 25.7 Å². The molecule has 2 rings (SSSR count). The van der Waals surface area contributed by atoms with E-state index in [0.29, 0.717) is 0 Å². The highest BCUT2D eigenvalue weighted by Gasteiger charge is 2.26. The van der Waals surface area contributed by atoms with Gasteiger partial charge >= 0.3 is 0 Å². The van der Waals surface area contributed by atoms with Gasteiger partial charge < -0.3 is 15.0 Å². The number of hydrogen-bond donors (Lipinski definition) is 2. The SMILES string of the molecule is OC1(CNCCn2ccnc2)CCCCCC1. The Hall–Kier alpha value is -0.870. The molecule has 0 saturated heterocycles. The van der Waals surface area contributed by atoms with Gasteiger partial charge in [0.25, 0.3) is 0 Å². The van der Waals surface area contributed by atoms with Crippen LogP contribution in [0.4, 0.5) is 0 Å². The van der Waals surface area contributed by atoms with Crippen molar-refractivity contribution in [1.82, 2.24) is 14.9 Å². The molecular weight excluding hydrogens is 214 g/mol. The van der Waals surface area contributed by atoms with Crippen molar-refractivity contribution in [2.24, 2.45) is 0 Å². The molecule has 1 saturated carbocycles. The van der Waals surface area contributed by atoms with Gasteiger partial charge in [0.15, 0.2) is 0 Å². The van der Waals surface area contributed by atoms with Crippen molar-refractivity contribution in [2.45, 2.75) is 50.7 Å². The minimum Gasteiger partial charge on any atom is -0.389 e. The molecule has 0 aliphatic heterocycles. The molecular formula is C13H23N3O. The molecule has 4 heteroatoms. The van der Waals surface area contributed by atoms with Gasteiger partial charge in [-0.1, -0.05) is 25.7 Å². The van der Waals surface area contributed by atoms with Crippen molar-refractivity contribution < 1.29 is 5.11 Å². The summed E-state index contributed by atoms with van der Waals surface area (Å²) in [5, 5.41) is 13.8. The van der Waals surface area contributed by atoms with E-state index in [1.54, 1.807) is 6.20 Å². The lowest BCUT2D eigenvalue weighted by atomic mass is 9.94. The molecule has 0 radical (unpaired) electrons. The third kappa shape index (κ3) is 4.13. The number of aromatic nitrogens is 2. The molecule has 0 bridgehead atoms. The Bertz CT molecular complexity index is 302. The summed E-state index contributed by atoms with van der Waals surface area (Å²) >= 11 is 0. The van der Waals surface area contributed by atoms with E-state index in [9.17, 15) is 5.11 Å². The first kappa shape index (κ1) is 12.6. The van der Waals surface area contributed by atoms with E-state index in [0.717, 1.165) is 32.5 Å². The van der Waals surface area contributed by atoms with Gasteiger partial charge in [-0.15, -0.1) is 0 Å². The standard InChI is InChI=1S/C13H23N3O/c17-13(5-3-1-2-4-6-13)11-14-7-9-16-10-8-15-12-16/h8,10,12,14,17H,1-7,9,11H2. The molecule has 0 aromatic carbocycles. The highest BCUT2D eigenvalue weighted by Crippen LogP contribution is 2.26. The van der Waals surface area contributed by atoms with Crippen LogP contribution in [0.25, 0.3) is 0 Å². The van der Waals surface area contributed by atoms with Gasteiger partial charge in [0, 0.05) is 32.0 Å². The van der Waals surface area contributed by atoms with Crippen LogP contribution in [0.2, 0.25) is 0 Å². The fraction of sp³-hybridized carbons (Fsp3) is 0.769. The number of hydrogen-bond acceptors (Lipinski definition) is 3. The summed E-state index contributed by atoms with van der Waals surface area (Å²) in [5.74, 6) is 0. The Labute approximate surface area is 103 Å². The molecule has 4 nitrogen and oxygen atoms in total. The van der Waals surface area contributed by atoms with Gasteiger partial charge in [-0.05, 0) is 12.8 Å². The maximum Gasteiger partial charge on any atom is 0.0946 e. The molecule has 0 atom stereocenters. The van der Waals surface area contributed by atoms with Gasteiger partial charge in [0.1, 0.15) is 0 Å². The predicted octanol–water partition coefficient (Wildman–Crippen LogP) is 1.56. The second-order valence-corrected chi connectivity index (χ2v) is 5.12. The van der Waals surface area contributed by atoms with Crippen molar-refractivity contribution in [1.29, 1.82) is 0 Å². The largest absolute Gasteiger partial charge is 0.389 e. The fourth-order valence-corrected chi connectivity index (χ4v) is 2.51. The smallest absolute Gasteiger partial charge is 0.0946 e. The first-order chi connectivity index (χ1) is 8.29. The highest BCUT2D eigenvalue weighted by atomic mass is 16.3. The number of imidazole rings is 1. The zero-order valence-electron chi connectivity index (χ0n) is 10.4. The van der Waals surface area contributed by atoms with Crippen LogP contribution in [0, 0.1) is 0 Å². The monoisotopic (exact) mass is 237 g/mol. The molecule has 1 aliphatic carbocycles. The summed E-state index contributed by atoms with van der Waals surface area (Å²) in [4.78, 5) is 4.00. The van der Waals surface area contributed by atoms with E-state index in [4.69, 9.17) is 0 Å². The van der Waals surface area contributed by atoms with E-state index < -0.39 is 5.60 Å². The molecule has 1 heterocycles. The van der Waals surface area contributed by atoms with Gasteiger partial charge in [0.2, 0.25) is 0 Å². The Morgan fingerprint density at radius 3 is 2.65 bits per heavy atom. The van der Waals surface area contributed by atoms with Gasteiger partial charge in [-0.2, -0.15) is 0 Å². The van der Waals surface area contributed by atoms with E-state index in [2.05, 4.69) is 10.3 Å². The van der Waals surface area contributed by atoms with Gasteiger partial charge in [-0.3, -0.25) is 0 Å². The third-order valence-corrected chi connectivity index (χ3v) is 3.59. The highest BCUT2D eigenvalue weighted by molar-refractivity contribution is 4.83. The Morgan fingerprint density at radius 1 is 1.24 bits per heavy atom. The molecule has 17 heavy (non-hydrogen) atoms. The molecule has 2 N–H and O–H groups in total. The molecule has 1 fully saturated rings. The summed E-state index contributed by atoms with van der Waals surface area (Å²) in [7, 11) is 0. The topological polar surface area (TPSA) is 50.1 Å². The van der Waals surface area contributed by atoms with Crippen LogP contribution in [-0.2, 0) is 6.54 Å². The molecule has 1 aliphatic rings. The van der Waals surface area contributed by atoms with E-state index in [-0.39, 0.29) is 0 Å². The van der Waals surface area contributed by atoms with Crippen LogP contribution in [-0.4, -0.2) is 33.3 Å². The lowest BCUT2D eigenvalue weighted by Crippen LogP contribution is -2.41. The summed E-state index contributed by atoms with van der Waals surface area (Å²) in [6.07, 6.45) is 12.4. The van der Waals surface area contributed by atoms with Gasteiger partial charge in [0.05, 0.1) is 11.9 Å². The molecule has 96 valence electrons. The molecule has 0 amide bonds. The van der Waals surface area contributed by atoms with Crippen LogP contribution in [0.15, 0.2) is 18.7 Å². The van der Waals surface area contributed by atoms with Crippen LogP contribution < -0.4 is 5.32 Å². The summed E-state index contributed by atoms with van der Waals surface area (Å²) in [6.45, 7) is 2.52. The third-order valence-electron chi connectivity index (χ3n) is 3.59. The average Bonchev–Trinajstić information content (AvgIpc) is 2.74. The second kappa shape index (κ2) is 6.17. The van der Waals surface area contributed by atoms with Crippen molar-refractivity contribution in [3.63, 3.8) is 0 Å². The van der Waals surface area contributed by atoms with Crippen LogP contribution in [0.5, 0.6) is 0 Å². The number of aliphatic hydroxyl groups is 1. The molecule has 1 aromatic rings. The number of nitrogens with zero attached hydrogens (tertiary/aromatic N) is 2. The Kier molecular flexibility index (Phi) is 4.57. The molecule has 0 spiro atoms. The second-order valence-electron chi connectivity index (χ2n) is 5.12. The lowest BCUT2D eigenvalue weighted by Gasteiger charge is -2.27. The summed E-state index contributed by atoms with van der Waals surface area (Å²) < 4.78 is 2.05. The van der Waals surface area contributed by atoms with Crippen LogP contribution in [0.3, 0.4) is 0 Å². The molecule has 1 aromatic heterocycles. The minimum atomic E-state index is -0.467. The maximum absolute atomic E-state index is 10.4. The number of nitrogens with one attached hydrogen (secondary N) is 1. The fourth-order valence-electron chi connectivity index (χ4n) is 2.51. The minimum absolute atomic E-state index is 0.467. The normalized spacial score (nSPS) is 20.1. The van der Waals surface area contributed by atoms with Crippen LogP contribution >= 0.6 is 0 Å². The lowest BCUT2D eigenvalue weighted by molar-refractivity contribution is 0.0253. The van der Waals surface area contributed by atoms with Crippen LogP contribution in [0.1, 0.15) is 38.5 Å². The zero-order valence-corrected chi connectivity index (χ0v) is 10.4.